The lowest BCUT2D eigenvalue weighted by Gasteiger charge is -2.15. The van der Waals surface area contributed by atoms with E-state index in [0.717, 1.165) is 24.2 Å². The predicted octanol–water partition coefficient (Wildman–Crippen LogP) is 2.38. The Labute approximate surface area is 153 Å². The average molecular weight is 355 g/mol. The van der Waals surface area contributed by atoms with E-state index < -0.39 is 17.9 Å². The second-order valence-electron chi connectivity index (χ2n) is 7.13. The first-order chi connectivity index (χ1) is 12.5. The average Bonchev–Trinajstić information content (AvgIpc) is 3.22. The van der Waals surface area contributed by atoms with E-state index >= 15 is 0 Å². The Kier molecular flexibility index (Phi) is 5.30. The molecule has 1 aromatic carbocycles. The standard InChI is InChI=1S/C20H25N3O3/c1-13(2)11-16-18(24)17(20(26)22-16)19(25)21-12-14-5-7-15(8-6-14)23-9-3-4-10-23/h3,5-9,13,16,24H,4,10-12H2,1-2H3,(H,21,25)(H,22,26). The molecule has 1 aromatic rings. The largest absolute Gasteiger partial charge is 0.509 e. The number of aliphatic hydroxyl groups is 1. The molecule has 2 aliphatic rings. The van der Waals surface area contributed by atoms with Crippen molar-refractivity contribution < 1.29 is 14.7 Å². The second-order valence-corrected chi connectivity index (χ2v) is 7.13. The fourth-order valence-corrected chi connectivity index (χ4v) is 3.23. The molecule has 0 radical (unpaired) electrons. The van der Waals surface area contributed by atoms with Crippen LogP contribution in [0, 0.1) is 5.92 Å². The van der Waals surface area contributed by atoms with Crippen LogP contribution in [0.4, 0.5) is 5.69 Å². The van der Waals surface area contributed by atoms with Gasteiger partial charge in [0.2, 0.25) is 0 Å². The lowest BCUT2D eigenvalue weighted by atomic mass is 10.0. The molecule has 0 aromatic heterocycles. The Morgan fingerprint density at radius 1 is 1.35 bits per heavy atom. The van der Waals surface area contributed by atoms with Crippen LogP contribution in [0.15, 0.2) is 47.9 Å². The first kappa shape index (κ1) is 18.0. The highest BCUT2D eigenvalue weighted by Crippen LogP contribution is 2.22. The minimum Gasteiger partial charge on any atom is -0.509 e. The molecule has 0 saturated heterocycles. The molecule has 1 unspecified atom stereocenters. The molecule has 2 heterocycles. The Morgan fingerprint density at radius 3 is 2.69 bits per heavy atom. The number of hydrogen-bond acceptors (Lipinski definition) is 4. The van der Waals surface area contributed by atoms with Crippen LogP contribution in [0.25, 0.3) is 0 Å². The molecule has 2 amide bonds. The molecule has 6 heteroatoms. The van der Waals surface area contributed by atoms with Crippen molar-refractivity contribution in [1.29, 1.82) is 0 Å². The maximum atomic E-state index is 12.3. The number of rotatable bonds is 6. The molecule has 2 aliphatic heterocycles. The summed E-state index contributed by atoms with van der Waals surface area (Å²) in [7, 11) is 0. The Morgan fingerprint density at radius 2 is 2.08 bits per heavy atom. The number of carbonyl (C=O) groups excluding carboxylic acids is 2. The topological polar surface area (TPSA) is 81.7 Å². The van der Waals surface area contributed by atoms with Crippen LogP contribution in [0.1, 0.15) is 32.3 Å². The van der Waals surface area contributed by atoms with Gasteiger partial charge in [-0.15, -0.1) is 0 Å². The molecule has 0 fully saturated rings. The summed E-state index contributed by atoms with van der Waals surface area (Å²) in [5, 5.41) is 15.6. The molecule has 0 spiro atoms. The molecular formula is C20H25N3O3. The lowest BCUT2D eigenvalue weighted by Crippen LogP contribution is -2.32. The van der Waals surface area contributed by atoms with Crippen LogP contribution >= 0.6 is 0 Å². The number of anilines is 1. The van der Waals surface area contributed by atoms with E-state index in [1.807, 2.05) is 38.1 Å². The molecule has 1 atom stereocenters. The maximum absolute atomic E-state index is 12.3. The fourth-order valence-electron chi connectivity index (χ4n) is 3.23. The summed E-state index contributed by atoms with van der Waals surface area (Å²) in [6, 6.07) is 7.44. The van der Waals surface area contributed by atoms with Crippen LogP contribution in [0.5, 0.6) is 0 Å². The van der Waals surface area contributed by atoms with Crippen molar-refractivity contribution in [3.63, 3.8) is 0 Å². The van der Waals surface area contributed by atoms with Gasteiger partial charge in [-0.25, -0.2) is 0 Å². The van der Waals surface area contributed by atoms with Crippen LogP contribution < -0.4 is 15.5 Å². The highest BCUT2D eigenvalue weighted by molar-refractivity contribution is 6.20. The number of carbonyl (C=O) groups is 2. The van der Waals surface area contributed by atoms with Gasteiger partial charge in [-0.05, 0) is 36.5 Å². The van der Waals surface area contributed by atoms with Crippen molar-refractivity contribution >= 4 is 17.5 Å². The van der Waals surface area contributed by atoms with E-state index in [9.17, 15) is 14.7 Å². The number of benzene rings is 1. The number of amides is 2. The summed E-state index contributed by atoms with van der Waals surface area (Å²) in [6.07, 6.45) is 5.85. The van der Waals surface area contributed by atoms with Crippen molar-refractivity contribution in [3.05, 3.63) is 53.4 Å². The summed E-state index contributed by atoms with van der Waals surface area (Å²) in [5.74, 6) is -0.911. The molecule has 138 valence electrons. The van der Waals surface area contributed by atoms with E-state index in [0.29, 0.717) is 18.9 Å². The summed E-state index contributed by atoms with van der Waals surface area (Å²) in [6.45, 7) is 5.28. The van der Waals surface area contributed by atoms with E-state index in [2.05, 4.69) is 27.8 Å². The maximum Gasteiger partial charge on any atom is 0.261 e. The molecule has 3 rings (SSSR count). The third-order valence-corrected chi connectivity index (χ3v) is 4.60. The van der Waals surface area contributed by atoms with Crippen LogP contribution in [0.2, 0.25) is 0 Å². The van der Waals surface area contributed by atoms with Crippen LogP contribution in [0.3, 0.4) is 0 Å². The fraction of sp³-hybridized carbons (Fsp3) is 0.400. The van der Waals surface area contributed by atoms with Crippen molar-refractivity contribution in [1.82, 2.24) is 10.6 Å². The SMILES string of the molecule is CC(C)CC1NC(=O)C(C(=O)NCc2ccc(N3C=CCC3)cc2)=C1O. The smallest absolute Gasteiger partial charge is 0.261 e. The lowest BCUT2D eigenvalue weighted by molar-refractivity contribution is -0.123. The quantitative estimate of drug-likeness (QED) is 0.685. The zero-order valence-corrected chi connectivity index (χ0v) is 15.2. The van der Waals surface area contributed by atoms with Gasteiger partial charge in [0.05, 0.1) is 6.04 Å². The molecule has 0 aliphatic carbocycles. The molecule has 3 N–H and O–H groups in total. The van der Waals surface area contributed by atoms with Gasteiger partial charge in [-0.3, -0.25) is 9.59 Å². The normalized spacial score (nSPS) is 19.4. The highest BCUT2D eigenvalue weighted by atomic mass is 16.3. The van der Waals surface area contributed by atoms with Crippen molar-refractivity contribution in [2.45, 2.75) is 39.3 Å². The monoisotopic (exact) mass is 355 g/mol. The first-order valence-electron chi connectivity index (χ1n) is 9.00. The molecule has 6 nitrogen and oxygen atoms in total. The van der Waals surface area contributed by atoms with Gasteiger partial charge in [-0.2, -0.15) is 0 Å². The number of nitrogens with one attached hydrogen (secondary N) is 2. The third kappa shape index (κ3) is 3.90. The van der Waals surface area contributed by atoms with E-state index in [4.69, 9.17) is 0 Å². The molecular weight excluding hydrogens is 330 g/mol. The minimum atomic E-state index is -0.544. The van der Waals surface area contributed by atoms with E-state index in [-0.39, 0.29) is 11.3 Å². The van der Waals surface area contributed by atoms with Gasteiger partial charge in [0.15, 0.2) is 0 Å². The summed E-state index contributed by atoms with van der Waals surface area (Å²) >= 11 is 0. The Balaban J connectivity index is 1.60. The zero-order chi connectivity index (χ0) is 18.7. The molecule has 0 bridgehead atoms. The Bertz CT molecular complexity index is 750. The van der Waals surface area contributed by atoms with Crippen molar-refractivity contribution in [2.75, 3.05) is 11.4 Å². The predicted molar refractivity (Wildman–Crippen MR) is 100 cm³/mol. The zero-order valence-electron chi connectivity index (χ0n) is 15.2. The van der Waals surface area contributed by atoms with Crippen LogP contribution in [-0.4, -0.2) is 29.5 Å². The second kappa shape index (κ2) is 7.64. The Hall–Kier alpha value is -2.76. The third-order valence-electron chi connectivity index (χ3n) is 4.60. The van der Waals surface area contributed by atoms with Gasteiger partial charge in [0.25, 0.3) is 11.8 Å². The van der Waals surface area contributed by atoms with Crippen LogP contribution in [-0.2, 0) is 16.1 Å². The summed E-state index contributed by atoms with van der Waals surface area (Å²) < 4.78 is 0. The molecule has 26 heavy (non-hydrogen) atoms. The van der Waals surface area contributed by atoms with Gasteiger partial charge < -0.3 is 20.6 Å². The minimum absolute atomic E-state index is 0.155. The van der Waals surface area contributed by atoms with Gasteiger partial charge in [0.1, 0.15) is 11.3 Å². The van der Waals surface area contributed by atoms with E-state index in [1.165, 1.54) is 0 Å². The van der Waals surface area contributed by atoms with Gasteiger partial charge in [0, 0.05) is 25.0 Å². The molecule has 0 saturated carbocycles. The first-order valence-corrected chi connectivity index (χ1v) is 9.00. The number of hydrogen-bond donors (Lipinski definition) is 3. The van der Waals surface area contributed by atoms with Crippen molar-refractivity contribution in [2.24, 2.45) is 5.92 Å². The van der Waals surface area contributed by atoms with Gasteiger partial charge in [-0.1, -0.05) is 32.1 Å². The highest BCUT2D eigenvalue weighted by Gasteiger charge is 2.35. The number of nitrogens with zero attached hydrogens (tertiary/aromatic N) is 1. The van der Waals surface area contributed by atoms with Crippen molar-refractivity contribution in [3.8, 4) is 0 Å². The van der Waals surface area contributed by atoms with Gasteiger partial charge >= 0.3 is 0 Å². The number of aliphatic hydroxyl groups excluding tert-OH is 1. The summed E-state index contributed by atoms with van der Waals surface area (Å²) in [4.78, 5) is 26.5. The van der Waals surface area contributed by atoms with E-state index in [1.54, 1.807) is 0 Å². The summed E-state index contributed by atoms with van der Waals surface area (Å²) in [5.41, 5.74) is 1.87.